The van der Waals surface area contributed by atoms with Crippen LogP contribution < -0.4 is 5.32 Å². The molecule has 2 rings (SSSR count). The Balaban J connectivity index is 1.92. The van der Waals surface area contributed by atoms with E-state index in [9.17, 15) is 0 Å². The Hall–Kier alpha value is -0.160. The van der Waals surface area contributed by atoms with Crippen LogP contribution in [0.5, 0.6) is 0 Å². The van der Waals surface area contributed by atoms with Crippen LogP contribution in [-0.2, 0) is 9.47 Å². The SMILES string of the molecule is CCNC1CCOCC1N(C)C1CCOCC1. The van der Waals surface area contributed by atoms with Gasteiger partial charge in [-0.3, -0.25) is 4.90 Å². The summed E-state index contributed by atoms with van der Waals surface area (Å²) in [5, 5.41) is 3.60. The van der Waals surface area contributed by atoms with E-state index in [1.165, 1.54) is 0 Å². The van der Waals surface area contributed by atoms with Crippen LogP contribution in [0.25, 0.3) is 0 Å². The Morgan fingerprint density at radius 3 is 2.53 bits per heavy atom. The number of hydrogen-bond acceptors (Lipinski definition) is 4. The predicted molar refractivity (Wildman–Crippen MR) is 68.3 cm³/mol. The Kier molecular flexibility index (Phi) is 5.22. The lowest BCUT2D eigenvalue weighted by atomic mass is 9.98. The summed E-state index contributed by atoms with van der Waals surface area (Å²) in [6.07, 6.45) is 3.45. The molecule has 0 aromatic heterocycles. The maximum absolute atomic E-state index is 5.66. The number of likely N-dealkylation sites (N-methyl/N-ethyl adjacent to an activating group) is 2. The van der Waals surface area contributed by atoms with Crippen molar-refractivity contribution < 1.29 is 9.47 Å². The van der Waals surface area contributed by atoms with Crippen LogP contribution in [0.3, 0.4) is 0 Å². The van der Waals surface area contributed by atoms with E-state index in [4.69, 9.17) is 9.47 Å². The van der Waals surface area contributed by atoms with Crippen LogP contribution in [0.4, 0.5) is 0 Å². The van der Waals surface area contributed by atoms with Gasteiger partial charge in [-0.2, -0.15) is 0 Å². The molecule has 2 fully saturated rings. The molecule has 0 saturated carbocycles. The van der Waals surface area contributed by atoms with Crippen molar-refractivity contribution in [2.45, 2.75) is 44.3 Å². The molecule has 17 heavy (non-hydrogen) atoms. The van der Waals surface area contributed by atoms with Gasteiger partial charge in [-0.1, -0.05) is 6.92 Å². The van der Waals surface area contributed by atoms with Crippen molar-refractivity contribution in [1.82, 2.24) is 10.2 Å². The summed E-state index contributed by atoms with van der Waals surface area (Å²) in [4.78, 5) is 2.52. The first kappa shape index (κ1) is 13.3. The number of nitrogens with zero attached hydrogens (tertiary/aromatic N) is 1. The zero-order chi connectivity index (χ0) is 12.1. The van der Waals surface area contributed by atoms with Crippen LogP contribution in [0.2, 0.25) is 0 Å². The molecule has 4 nitrogen and oxygen atoms in total. The molecular formula is C13H26N2O2. The smallest absolute Gasteiger partial charge is 0.0637 e. The fourth-order valence-electron chi connectivity index (χ4n) is 2.99. The van der Waals surface area contributed by atoms with Crippen molar-refractivity contribution in [1.29, 1.82) is 0 Å². The molecule has 2 heterocycles. The maximum Gasteiger partial charge on any atom is 0.0637 e. The molecule has 2 saturated heterocycles. The average Bonchev–Trinajstić information content (AvgIpc) is 2.40. The Morgan fingerprint density at radius 2 is 1.82 bits per heavy atom. The van der Waals surface area contributed by atoms with Crippen LogP contribution in [0.1, 0.15) is 26.2 Å². The molecule has 0 aromatic rings. The van der Waals surface area contributed by atoms with Crippen molar-refractivity contribution in [2.24, 2.45) is 0 Å². The second kappa shape index (κ2) is 6.69. The van der Waals surface area contributed by atoms with Gasteiger partial charge in [0.2, 0.25) is 0 Å². The third-order valence-corrected chi connectivity index (χ3v) is 4.08. The van der Waals surface area contributed by atoms with Crippen LogP contribution in [-0.4, -0.2) is 63.0 Å². The summed E-state index contributed by atoms with van der Waals surface area (Å²) >= 11 is 0. The van der Waals surface area contributed by atoms with Gasteiger partial charge >= 0.3 is 0 Å². The van der Waals surface area contributed by atoms with Gasteiger partial charge in [0.15, 0.2) is 0 Å². The van der Waals surface area contributed by atoms with Gasteiger partial charge in [0.1, 0.15) is 0 Å². The standard InChI is InChI=1S/C13H26N2O2/c1-3-14-12-6-9-17-10-13(12)15(2)11-4-7-16-8-5-11/h11-14H,3-10H2,1-2H3. The number of rotatable bonds is 4. The Morgan fingerprint density at radius 1 is 1.12 bits per heavy atom. The maximum atomic E-state index is 5.66. The molecule has 1 N–H and O–H groups in total. The predicted octanol–water partition coefficient (Wildman–Crippen LogP) is 0.864. The second-order valence-corrected chi connectivity index (χ2v) is 5.10. The third-order valence-electron chi connectivity index (χ3n) is 4.08. The minimum absolute atomic E-state index is 0.520. The van der Waals surface area contributed by atoms with Gasteiger partial charge in [-0.25, -0.2) is 0 Å². The number of hydrogen-bond donors (Lipinski definition) is 1. The van der Waals surface area contributed by atoms with Crippen LogP contribution in [0, 0.1) is 0 Å². The lowest BCUT2D eigenvalue weighted by molar-refractivity contribution is -0.0327. The number of ether oxygens (including phenoxy) is 2. The highest BCUT2D eigenvalue weighted by Crippen LogP contribution is 2.20. The molecule has 0 aliphatic carbocycles. The van der Waals surface area contributed by atoms with E-state index in [1.807, 2.05) is 0 Å². The van der Waals surface area contributed by atoms with Crippen LogP contribution in [0.15, 0.2) is 0 Å². The Labute approximate surface area is 105 Å². The van der Waals surface area contributed by atoms with Crippen LogP contribution >= 0.6 is 0 Å². The average molecular weight is 242 g/mol. The van der Waals surface area contributed by atoms with Crippen molar-refractivity contribution >= 4 is 0 Å². The molecule has 0 amide bonds. The molecule has 2 atom stereocenters. The molecule has 0 radical (unpaired) electrons. The van der Waals surface area contributed by atoms with Gasteiger partial charge in [0.05, 0.1) is 6.61 Å². The van der Waals surface area contributed by atoms with Crippen molar-refractivity contribution in [3.8, 4) is 0 Å². The van der Waals surface area contributed by atoms with E-state index < -0.39 is 0 Å². The van der Waals surface area contributed by atoms with E-state index in [1.54, 1.807) is 0 Å². The van der Waals surface area contributed by atoms with E-state index in [-0.39, 0.29) is 0 Å². The van der Waals surface area contributed by atoms with Gasteiger partial charge in [0.25, 0.3) is 0 Å². The van der Waals surface area contributed by atoms with Gasteiger partial charge in [-0.05, 0) is 32.9 Å². The number of nitrogens with one attached hydrogen (secondary N) is 1. The molecule has 2 aliphatic rings. The van der Waals surface area contributed by atoms with Crippen molar-refractivity contribution in [3.05, 3.63) is 0 Å². The van der Waals surface area contributed by atoms with Crippen molar-refractivity contribution in [2.75, 3.05) is 40.0 Å². The normalized spacial score (nSPS) is 31.9. The molecule has 100 valence electrons. The third kappa shape index (κ3) is 3.41. The van der Waals surface area contributed by atoms with Gasteiger partial charge in [0, 0.05) is 37.9 Å². The first-order valence-electron chi connectivity index (χ1n) is 6.93. The van der Waals surface area contributed by atoms with Gasteiger partial charge in [-0.15, -0.1) is 0 Å². The monoisotopic (exact) mass is 242 g/mol. The summed E-state index contributed by atoms with van der Waals surface area (Å²) in [5.41, 5.74) is 0. The van der Waals surface area contributed by atoms with E-state index in [2.05, 4.69) is 24.2 Å². The van der Waals surface area contributed by atoms with Gasteiger partial charge < -0.3 is 14.8 Å². The topological polar surface area (TPSA) is 33.7 Å². The zero-order valence-corrected chi connectivity index (χ0v) is 11.2. The van der Waals surface area contributed by atoms with Crippen molar-refractivity contribution in [3.63, 3.8) is 0 Å². The molecule has 0 spiro atoms. The summed E-state index contributed by atoms with van der Waals surface area (Å²) in [6, 6.07) is 1.77. The molecule has 0 bridgehead atoms. The molecular weight excluding hydrogens is 216 g/mol. The quantitative estimate of drug-likeness (QED) is 0.793. The Bertz CT molecular complexity index is 217. The minimum Gasteiger partial charge on any atom is -0.381 e. The highest BCUT2D eigenvalue weighted by Gasteiger charge is 2.32. The molecule has 0 aromatic carbocycles. The minimum atomic E-state index is 0.520. The highest BCUT2D eigenvalue weighted by molar-refractivity contribution is 4.89. The van der Waals surface area contributed by atoms with E-state index >= 15 is 0 Å². The van der Waals surface area contributed by atoms with E-state index in [0.717, 1.165) is 52.2 Å². The largest absolute Gasteiger partial charge is 0.381 e. The first-order chi connectivity index (χ1) is 8.33. The second-order valence-electron chi connectivity index (χ2n) is 5.10. The lowest BCUT2D eigenvalue weighted by Crippen LogP contribution is -2.57. The first-order valence-corrected chi connectivity index (χ1v) is 6.93. The summed E-state index contributed by atoms with van der Waals surface area (Å²) < 4.78 is 11.1. The fraction of sp³-hybridized carbons (Fsp3) is 1.00. The molecule has 4 heteroatoms. The molecule has 2 aliphatic heterocycles. The molecule has 2 unspecified atom stereocenters. The summed E-state index contributed by atoms with van der Waals surface area (Å²) in [6.45, 7) is 6.81. The summed E-state index contributed by atoms with van der Waals surface area (Å²) in [7, 11) is 2.25. The lowest BCUT2D eigenvalue weighted by Gasteiger charge is -2.43. The van der Waals surface area contributed by atoms with E-state index in [0.29, 0.717) is 18.1 Å². The fourth-order valence-corrected chi connectivity index (χ4v) is 2.99. The zero-order valence-electron chi connectivity index (χ0n) is 11.2. The summed E-state index contributed by atoms with van der Waals surface area (Å²) in [5.74, 6) is 0. The highest BCUT2D eigenvalue weighted by atomic mass is 16.5.